The first-order chi connectivity index (χ1) is 11.9. The fraction of sp³-hybridized carbons (Fsp3) is 0.474. The molecule has 0 radical (unpaired) electrons. The van der Waals surface area contributed by atoms with Crippen LogP contribution in [0.3, 0.4) is 0 Å². The minimum absolute atomic E-state index is 0.174. The summed E-state index contributed by atoms with van der Waals surface area (Å²) in [6.45, 7) is 6.42. The number of thioether (sulfide) groups is 1. The number of nitrogens with zero attached hydrogens (tertiary/aromatic N) is 1. The van der Waals surface area contributed by atoms with Crippen molar-refractivity contribution in [1.29, 1.82) is 0 Å². The Morgan fingerprint density at radius 3 is 2.48 bits per heavy atom. The molecule has 0 unspecified atom stereocenters. The monoisotopic (exact) mass is 363 g/mol. The minimum Gasteiger partial charge on any atom is -0.504 e. The van der Waals surface area contributed by atoms with Crippen LogP contribution in [0.2, 0.25) is 0 Å². The number of hydrogen-bond donors (Lipinski definition) is 2. The van der Waals surface area contributed by atoms with Gasteiger partial charge in [-0.25, -0.2) is 0 Å². The predicted octanol–water partition coefficient (Wildman–Crippen LogP) is 4.66. The number of carbonyl (C=O) groups excluding carboxylic acids is 2. The molecule has 0 aromatic heterocycles. The van der Waals surface area contributed by atoms with Crippen molar-refractivity contribution >= 4 is 29.0 Å². The van der Waals surface area contributed by atoms with E-state index >= 15 is 0 Å². The lowest BCUT2D eigenvalue weighted by molar-refractivity contribution is -0.122. The lowest BCUT2D eigenvalue weighted by atomic mass is 9.97. The van der Waals surface area contributed by atoms with Gasteiger partial charge >= 0.3 is 0 Å². The summed E-state index contributed by atoms with van der Waals surface area (Å²) in [5, 5.41) is 19.0. The van der Waals surface area contributed by atoms with Gasteiger partial charge in [-0.2, -0.15) is 0 Å². The van der Waals surface area contributed by atoms with Gasteiger partial charge in [-0.3, -0.25) is 14.5 Å². The normalized spacial score (nSPS) is 16.5. The summed E-state index contributed by atoms with van der Waals surface area (Å²) in [5.74, 6) is -0.0644. The van der Waals surface area contributed by atoms with Gasteiger partial charge in [-0.05, 0) is 66.8 Å². The van der Waals surface area contributed by atoms with E-state index in [-0.39, 0.29) is 22.6 Å². The van der Waals surface area contributed by atoms with Crippen molar-refractivity contribution in [2.45, 2.75) is 46.5 Å². The zero-order valence-electron chi connectivity index (χ0n) is 14.9. The first-order valence-electron chi connectivity index (χ1n) is 8.65. The third kappa shape index (κ3) is 4.57. The molecular formula is C19H25NO4S. The highest BCUT2D eigenvalue weighted by Crippen LogP contribution is 2.35. The van der Waals surface area contributed by atoms with Gasteiger partial charge in [-0.1, -0.05) is 26.7 Å². The summed E-state index contributed by atoms with van der Waals surface area (Å²) in [7, 11) is 0. The first kappa shape index (κ1) is 19.4. The van der Waals surface area contributed by atoms with E-state index in [0.29, 0.717) is 28.5 Å². The Bertz CT molecular complexity index is 672. The van der Waals surface area contributed by atoms with Crippen molar-refractivity contribution in [3.05, 3.63) is 28.2 Å². The Balaban J connectivity index is 2.07. The molecule has 1 aliphatic rings. The molecule has 2 amide bonds. The van der Waals surface area contributed by atoms with Crippen LogP contribution < -0.4 is 0 Å². The molecule has 1 saturated heterocycles. The number of aryl methyl sites for hydroxylation is 1. The molecule has 25 heavy (non-hydrogen) atoms. The topological polar surface area (TPSA) is 77.8 Å². The van der Waals surface area contributed by atoms with Crippen molar-refractivity contribution < 1.29 is 19.8 Å². The first-order valence-corrected chi connectivity index (χ1v) is 9.46. The molecule has 0 spiro atoms. The molecule has 1 aromatic carbocycles. The van der Waals surface area contributed by atoms with Gasteiger partial charge in [0.25, 0.3) is 11.1 Å². The van der Waals surface area contributed by atoms with Gasteiger partial charge < -0.3 is 10.2 Å². The van der Waals surface area contributed by atoms with Crippen LogP contribution in [0, 0.1) is 12.8 Å². The highest BCUT2D eigenvalue weighted by atomic mass is 32.2. The van der Waals surface area contributed by atoms with Crippen molar-refractivity contribution in [1.82, 2.24) is 4.90 Å². The zero-order chi connectivity index (χ0) is 18.6. The molecule has 0 aliphatic carbocycles. The molecule has 1 heterocycles. The van der Waals surface area contributed by atoms with Crippen LogP contribution in [-0.4, -0.2) is 32.8 Å². The molecule has 2 rings (SSSR count). The predicted molar refractivity (Wildman–Crippen MR) is 100 cm³/mol. The molecule has 6 heteroatoms. The SMILES string of the molecule is CCC(CC)CCCN1C(=O)S/C(=C\c2cc(C)c(O)c(O)c2)C1=O. The van der Waals surface area contributed by atoms with Crippen molar-refractivity contribution in [3.63, 3.8) is 0 Å². The molecule has 1 aliphatic heterocycles. The fourth-order valence-electron chi connectivity index (χ4n) is 2.95. The van der Waals surface area contributed by atoms with E-state index in [0.717, 1.165) is 37.4 Å². The van der Waals surface area contributed by atoms with Crippen molar-refractivity contribution in [3.8, 4) is 11.5 Å². The maximum atomic E-state index is 12.5. The number of aromatic hydroxyl groups is 2. The van der Waals surface area contributed by atoms with Crippen molar-refractivity contribution in [2.24, 2.45) is 5.92 Å². The number of phenols is 2. The molecule has 2 N–H and O–H groups in total. The summed E-state index contributed by atoms with van der Waals surface area (Å²) in [6, 6.07) is 3.04. The number of rotatable bonds is 7. The lowest BCUT2D eigenvalue weighted by Gasteiger charge is -2.15. The number of amides is 2. The van der Waals surface area contributed by atoms with E-state index in [2.05, 4.69) is 13.8 Å². The number of imide groups is 1. The van der Waals surface area contributed by atoms with Crippen LogP contribution in [0.5, 0.6) is 11.5 Å². The number of carbonyl (C=O) groups is 2. The third-order valence-electron chi connectivity index (χ3n) is 4.62. The molecule has 5 nitrogen and oxygen atoms in total. The summed E-state index contributed by atoms with van der Waals surface area (Å²) < 4.78 is 0. The van der Waals surface area contributed by atoms with Gasteiger partial charge in [0.2, 0.25) is 0 Å². The quantitative estimate of drug-likeness (QED) is 0.544. The Kier molecular flexibility index (Phi) is 6.53. The highest BCUT2D eigenvalue weighted by Gasteiger charge is 2.34. The summed E-state index contributed by atoms with van der Waals surface area (Å²) in [5.41, 5.74) is 1.09. The lowest BCUT2D eigenvalue weighted by Crippen LogP contribution is -2.29. The summed E-state index contributed by atoms with van der Waals surface area (Å²) >= 11 is 0.917. The molecular weight excluding hydrogens is 338 g/mol. The largest absolute Gasteiger partial charge is 0.504 e. The number of benzene rings is 1. The van der Waals surface area contributed by atoms with Crippen LogP contribution >= 0.6 is 11.8 Å². The molecule has 1 aromatic rings. The van der Waals surface area contributed by atoms with Gasteiger partial charge in [-0.15, -0.1) is 0 Å². The van der Waals surface area contributed by atoms with E-state index in [1.54, 1.807) is 19.1 Å². The highest BCUT2D eigenvalue weighted by molar-refractivity contribution is 8.18. The zero-order valence-corrected chi connectivity index (χ0v) is 15.7. The fourth-order valence-corrected chi connectivity index (χ4v) is 3.82. The molecule has 1 fully saturated rings. The average molecular weight is 363 g/mol. The van der Waals surface area contributed by atoms with Crippen LogP contribution in [-0.2, 0) is 4.79 Å². The van der Waals surface area contributed by atoms with E-state index in [9.17, 15) is 19.8 Å². The Hall–Kier alpha value is -1.95. The van der Waals surface area contributed by atoms with E-state index < -0.39 is 0 Å². The van der Waals surface area contributed by atoms with Crippen LogP contribution in [0.25, 0.3) is 6.08 Å². The van der Waals surface area contributed by atoms with Crippen LogP contribution in [0.4, 0.5) is 4.79 Å². The number of phenolic OH excluding ortho intramolecular Hbond substituents is 2. The second-order valence-corrected chi connectivity index (χ2v) is 7.36. The summed E-state index contributed by atoms with van der Waals surface area (Å²) in [6.07, 6.45) is 5.64. The standard InChI is InChI=1S/C19H25NO4S/c1-4-13(5-2)7-6-8-20-18(23)16(25-19(20)24)11-14-9-12(3)17(22)15(21)10-14/h9-11,13,21-22H,4-8H2,1-3H3/b16-11-. The van der Waals surface area contributed by atoms with Gasteiger partial charge in [0.15, 0.2) is 11.5 Å². The van der Waals surface area contributed by atoms with Crippen LogP contribution in [0.1, 0.15) is 50.7 Å². The molecule has 0 saturated carbocycles. The Morgan fingerprint density at radius 2 is 1.88 bits per heavy atom. The molecule has 136 valence electrons. The van der Waals surface area contributed by atoms with Gasteiger partial charge in [0.1, 0.15) is 0 Å². The molecule has 0 bridgehead atoms. The third-order valence-corrected chi connectivity index (χ3v) is 5.53. The van der Waals surface area contributed by atoms with E-state index in [4.69, 9.17) is 0 Å². The Morgan fingerprint density at radius 1 is 1.20 bits per heavy atom. The maximum Gasteiger partial charge on any atom is 0.293 e. The Labute approximate surface area is 152 Å². The number of hydrogen-bond acceptors (Lipinski definition) is 5. The van der Waals surface area contributed by atoms with E-state index in [1.165, 1.54) is 11.0 Å². The van der Waals surface area contributed by atoms with Crippen LogP contribution in [0.15, 0.2) is 17.0 Å². The van der Waals surface area contributed by atoms with Crippen molar-refractivity contribution in [2.75, 3.05) is 6.54 Å². The van der Waals surface area contributed by atoms with E-state index in [1.807, 2.05) is 0 Å². The summed E-state index contributed by atoms with van der Waals surface area (Å²) in [4.78, 5) is 26.2. The second-order valence-electron chi connectivity index (χ2n) is 6.36. The van der Waals surface area contributed by atoms with Gasteiger partial charge in [0.05, 0.1) is 4.91 Å². The minimum atomic E-state index is -0.287. The maximum absolute atomic E-state index is 12.5. The average Bonchev–Trinajstić information content (AvgIpc) is 2.83. The molecule has 0 atom stereocenters. The second kappa shape index (κ2) is 8.43. The van der Waals surface area contributed by atoms with Gasteiger partial charge in [0, 0.05) is 6.54 Å². The smallest absolute Gasteiger partial charge is 0.293 e.